The van der Waals surface area contributed by atoms with Gasteiger partial charge in [0.2, 0.25) is 5.91 Å². The second-order valence-electron chi connectivity index (χ2n) is 4.22. The number of nitrogens with one attached hydrogen (secondary N) is 1. The fourth-order valence-electron chi connectivity index (χ4n) is 1.58. The Hall–Kier alpha value is -1.08. The number of carbonyl (C=O) groups excluding carboxylic acids is 1. The van der Waals surface area contributed by atoms with Crippen LogP contribution in [0.25, 0.3) is 0 Å². The van der Waals surface area contributed by atoms with Crippen molar-refractivity contribution in [3.05, 3.63) is 5.82 Å². The molecule has 0 fully saturated rings. The Balaban J connectivity index is 2.84. The molecule has 0 aliphatic rings. The molecule has 0 aromatic carbocycles. The third kappa shape index (κ3) is 3.46. The Labute approximate surface area is 112 Å². The summed E-state index contributed by atoms with van der Waals surface area (Å²) in [7, 11) is 0. The Morgan fingerprint density at radius 2 is 2.11 bits per heavy atom. The molecule has 1 aromatic heterocycles. The van der Waals surface area contributed by atoms with Gasteiger partial charge in [0.25, 0.3) is 0 Å². The zero-order valence-corrected chi connectivity index (χ0v) is 12.1. The summed E-state index contributed by atoms with van der Waals surface area (Å²) < 4.78 is 1.97. The van der Waals surface area contributed by atoms with Crippen molar-refractivity contribution in [1.29, 1.82) is 0 Å². The molecule has 0 saturated carbocycles. The van der Waals surface area contributed by atoms with E-state index in [1.165, 1.54) is 11.8 Å². The van der Waals surface area contributed by atoms with Gasteiger partial charge in [-0.15, -0.1) is 10.2 Å². The molecular formula is C11H21N5OS. The molecule has 0 spiro atoms. The Kier molecular flexibility index (Phi) is 5.61. The minimum Gasteiger partial charge on any atom is -0.355 e. The van der Waals surface area contributed by atoms with E-state index in [1.54, 1.807) is 0 Å². The van der Waals surface area contributed by atoms with Gasteiger partial charge in [-0.2, -0.15) is 0 Å². The molecule has 0 aliphatic heterocycles. The van der Waals surface area contributed by atoms with Crippen LogP contribution in [0.4, 0.5) is 0 Å². The SMILES string of the molecule is CCNC(=O)C(C)Sc1nnc(CN)n1C(C)C. The molecule has 1 heterocycles. The predicted octanol–water partition coefficient (Wildman–Crippen LogP) is 0.934. The summed E-state index contributed by atoms with van der Waals surface area (Å²) in [4.78, 5) is 11.7. The number of hydrogen-bond donors (Lipinski definition) is 2. The van der Waals surface area contributed by atoms with Gasteiger partial charge in [-0.3, -0.25) is 4.79 Å². The lowest BCUT2D eigenvalue weighted by Gasteiger charge is -2.15. The van der Waals surface area contributed by atoms with Crippen molar-refractivity contribution in [2.45, 2.75) is 50.7 Å². The van der Waals surface area contributed by atoms with Crippen LogP contribution in [0.3, 0.4) is 0 Å². The first kappa shape index (κ1) is 15.0. The van der Waals surface area contributed by atoms with Crippen LogP contribution in [0, 0.1) is 0 Å². The van der Waals surface area contributed by atoms with Gasteiger partial charge < -0.3 is 15.6 Å². The molecule has 7 heteroatoms. The van der Waals surface area contributed by atoms with Crippen molar-refractivity contribution in [3.8, 4) is 0 Å². The Bertz CT molecular complexity index is 404. The van der Waals surface area contributed by atoms with Gasteiger partial charge in [-0.1, -0.05) is 11.8 Å². The maximum atomic E-state index is 11.7. The van der Waals surface area contributed by atoms with E-state index >= 15 is 0 Å². The van der Waals surface area contributed by atoms with Crippen molar-refractivity contribution in [2.24, 2.45) is 5.73 Å². The summed E-state index contributed by atoms with van der Waals surface area (Å²) in [5.74, 6) is 0.755. The summed E-state index contributed by atoms with van der Waals surface area (Å²) in [5.41, 5.74) is 5.63. The number of amides is 1. The Morgan fingerprint density at radius 3 is 2.61 bits per heavy atom. The second-order valence-corrected chi connectivity index (χ2v) is 5.53. The van der Waals surface area contributed by atoms with Crippen molar-refractivity contribution in [2.75, 3.05) is 6.54 Å². The standard InChI is InChI=1S/C11H21N5OS/c1-5-13-10(17)8(4)18-11-15-14-9(6-12)16(11)7(2)3/h7-8H,5-6,12H2,1-4H3,(H,13,17). The van der Waals surface area contributed by atoms with E-state index in [1.807, 2.05) is 32.3 Å². The van der Waals surface area contributed by atoms with Gasteiger partial charge in [-0.25, -0.2) is 0 Å². The highest BCUT2D eigenvalue weighted by Crippen LogP contribution is 2.25. The average molecular weight is 271 g/mol. The summed E-state index contributed by atoms with van der Waals surface area (Å²) >= 11 is 1.40. The lowest BCUT2D eigenvalue weighted by molar-refractivity contribution is -0.120. The maximum absolute atomic E-state index is 11.7. The van der Waals surface area contributed by atoms with Gasteiger partial charge in [0.1, 0.15) is 5.82 Å². The van der Waals surface area contributed by atoms with Crippen molar-refractivity contribution in [1.82, 2.24) is 20.1 Å². The predicted molar refractivity (Wildman–Crippen MR) is 72.3 cm³/mol. The van der Waals surface area contributed by atoms with Gasteiger partial charge in [0.05, 0.1) is 11.8 Å². The third-order valence-corrected chi connectivity index (χ3v) is 3.49. The van der Waals surface area contributed by atoms with Gasteiger partial charge in [-0.05, 0) is 27.7 Å². The van der Waals surface area contributed by atoms with Gasteiger partial charge in [0, 0.05) is 12.6 Å². The fraction of sp³-hybridized carbons (Fsp3) is 0.727. The number of nitrogens with zero attached hydrogens (tertiary/aromatic N) is 3. The second kappa shape index (κ2) is 6.75. The highest BCUT2D eigenvalue weighted by Gasteiger charge is 2.20. The van der Waals surface area contributed by atoms with Crippen molar-refractivity contribution >= 4 is 17.7 Å². The summed E-state index contributed by atoms with van der Waals surface area (Å²) in [6.45, 7) is 8.83. The molecule has 102 valence electrons. The van der Waals surface area contributed by atoms with Crippen LogP contribution in [0.1, 0.15) is 39.6 Å². The quantitative estimate of drug-likeness (QED) is 0.752. The lowest BCUT2D eigenvalue weighted by Crippen LogP contribution is -2.30. The number of hydrogen-bond acceptors (Lipinski definition) is 5. The van der Waals surface area contributed by atoms with Crippen LogP contribution in [0.15, 0.2) is 5.16 Å². The molecule has 1 amide bonds. The largest absolute Gasteiger partial charge is 0.355 e. The average Bonchev–Trinajstić information content (AvgIpc) is 2.72. The monoisotopic (exact) mass is 271 g/mol. The zero-order valence-electron chi connectivity index (χ0n) is 11.3. The van der Waals surface area contributed by atoms with Crippen LogP contribution >= 0.6 is 11.8 Å². The molecule has 3 N–H and O–H groups in total. The van der Waals surface area contributed by atoms with E-state index in [4.69, 9.17) is 5.73 Å². The molecule has 1 rings (SSSR count). The van der Waals surface area contributed by atoms with Crippen LogP contribution in [-0.2, 0) is 11.3 Å². The minimum absolute atomic E-state index is 0.00936. The van der Waals surface area contributed by atoms with Gasteiger partial charge in [0.15, 0.2) is 5.16 Å². The topological polar surface area (TPSA) is 85.8 Å². The zero-order chi connectivity index (χ0) is 13.7. The summed E-state index contributed by atoms with van der Waals surface area (Å²) in [6.07, 6.45) is 0. The molecule has 0 bridgehead atoms. The van der Waals surface area contributed by atoms with Crippen molar-refractivity contribution < 1.29 is 4.79 Å². The molecule has 0 radical (unpaired) electrons. The highest BCUT2D eigenvalue weighted by molar-refractivity contribution is 8.00. The van der Waals surface area contributed by atoms with E-state index in [9.17, 15) is 4.79 Å². The first-order valence-electron chi connectivity index (χ1n) is 6.09. The van der Waals surface area contributed by atoms with Crippen LogP contribution < -0.4 is 11.1 Å². The lowest BCUT2D eigenvalue weighted by atomic mass is 10.4. The molecule has 0 saturated heterocycles. The third-order valence-electron chi connectivity index (χ3n) is 2.44. The van der Waals surface area contributed by atoms with Crippen LogP contribution in [0.2, 0.25) is 0 Å². The van der Waals surface area contributed by atoms with E-state index in [0.717, 1.165) is 11.0 Å². The first-order valence-corrected chi connectivity index (χ1v) is 6.97. The first-order chi connectivity index (χ1) is 8.51. The number of carbonyl (C=O) groups is 1. The number of aromatic nitrogens is 3. The van der Waals surface area contributed by atoms with Crippen molar-refractivity contribution in [3.63, 3.8) is 0 Å². The van der Waals surface area contributed by atoms with E-state index in [0.29, 0.717) is 13.1 Å². The van der Waals surface area contributed by atoms with Crippen LogP contribution in [0.5, 0.6) is 0 Å². The van der Waals surface area contributed by atoms with Crippen LogP contribution in [-0.4, -0.2) is 32.5 Å². The molecule has 6 nitrogen and oxygen atoms in total. The smallest absolute Gasteiger partial charge is 0.233 e. The molecule has 1 atom stereocenters. The molecular weight excluding hydrogens is 250 g/mol. The number of nitrogens with two attached hydrogens (primary N) is 1. The van der Waals surface area contributed by atoms with E-state index < -0.39 is 0 Å². The highest BCUT2D eigenvalue weighted by atomic mass is 32.2. The summed E-state index contributed by atoms with van der Waals surface area (Å²) in [6, 6.07) is 0.225. The maximum Gasteiger partial charge on any atom is 0.233 e. The molecule has 1 aromatic rings. The normalized spacial score (nSPS) is 12.8. The molecule has 0 aliphatic carbocycles. The van der Waals surface area contributed by atoms with E-state index in [-0.39, 0.29) is 17.2 Å². The fourth-order valence-corrected chi connectivity index (χ4v) is 2.60. The number of thioether (sulfide) groups is 1. The van der Waals surface area contributed by atoms with E-state index in [2.05, 4.69) is 15.5 Å². The summed E-state index contributed by atoms with van der Waals surface area (Å²) in [5, 5.41) is 11.5. The Morgan fingerprint density at radius 1 is 1.44 bits per heavy atom. The molecule has 1 unspecified atom stereocenters. The van der Waals surface area contributed by atoms with Gasteiger partial charge >= 0.3 is 0 Å². The molecule has 18 heavy (non-hydrogen) atoms. The minimum atomic E-state index is -0.197. The number of rotatable bonds is 6.